The molecule has 4 rings (SSSR count). The maximum atomic E-state index is 5.47. The van der Waals surface area contributed by atoms with Gasteiger partial charge in [-0.15, -0.1) is 0 Å². The van der Waals surface area contributed by atoms with Crippen molar-refractivity contribution in [3.8, 4) is 0 Å². The van der Waals surface area contributed by atoms with Crippen LogP contribution in [-0.2, 0) is 6.42 Å². The summed E-state index contributed by atoms with van der Waals surface area (Å²) in [5.41, 5.74) is 1.21. The summed E-state index contributed by atoms with van der Waals surface area (Å²) in [5, 5.41) is 7.84. The van der Waals surface area contributed by atoms with Crippen LogP contribution >= 0.6 is 0 Å². The first-order valence-electron chi connectivity index (χ1n) is 8.40. The van der Waals surface area contributed by atoms with Crippen LogP contribution in [-0.4, -0.2) is 16.2 Å². The molecule has 0 radical (unpaired) electrons. The van der Waals surface area contributed by atoms with Crippen molar-refractivity contribution in [2.24, 2.45) is 11.8 Å². The molecule has 0 spiro atoms. The zero-order valence-electron chi connectivity index (χ0n) is 13.0. The minimum atomic E-state index is 0.140. The van der Waals surface area contributed by atoms with Crippen LogP contribution in [0.5, 0.6) is 0 Å². The number of hydrogen-bond donors (Lipinski definition) is 1. The van der Waals surface area contributed by atoms with Crippen molar-refractivity contribution >= 4 is 0 Å². The third kappa shape index (κ3) is 2.80. The molecule has 4 heteroatoms. The lowest BCUT2D eigenvalue weighted by Crippen LogP contribution is -2.35. The van der Waals surface area contributed by atoms with E-state index in [1.54, 1.807) is 0 Å². The number of benzene rings is 1. The van der Waals surface area contributed by atoms with Crippen molar-refractivity contribution < 1.29 is 4.52 Å². The van der Waals surface area contributed by atoms with E-state index in [2.05, 4.69) is 34.5 Å². The summed E-state index contributed by atoms with van der Waals surface area (Å²) >= 11 is 0. The van der Waals surface area contributed by atoms with Gasteiger partial charge in [-0.2, -0.15) is 4.98 Å². The molecule has 0 saturated heterocycles. The van der Waals surface area contributed by atoms with E-state index in [0.29, 0.717) is 11.9 Å². The summed E-state index contributed by atoms with van der Waals surface area (Å²) < 4.78 is 5.47. The average Bonchev–Trinajstić information content (AvgIpc) is 3.24. The Kier molecular flexibility index (Phi) is 3.70. The van der Waals surface area contributed by atoms with Gasteiger partial charge in [0.2, 0.25) is 5.89 Å². The molecule has 2 bridgehead atoms. The number of hydrogen-bond acceptors (Lipinski definition) is 4. The van der Waals surface area contributed by atoms with Crippen molar-refractivity contribution in [3.63, 3.8) is 0 Å². The Balaban J connectivity index is 1.38. The normalized spacial score (nSPS) is 28.1. The monoisotopic (exact) mass is 297 g/mol. The van der Waals surface area contributed by atoms with Crippen LogP contribution in [0.4, 0.5) is 0 Å². The number of aromatic nitrogens is 2. The van der Waals surface area contributed by atoms with Crippen molar-refractivity contribution in [1.82, 2.24) is 15.5 Å². The van der Waals surface area contributed by atoms with Crippen LogP contribution in [0.1, 0.15) is 55.9 Å². The van der Waals surface area contributed by atoms with Crippen LogP contribution < -0.4 is 5.32 Å². The first-order chi connectivity index (χ1) is 10.8. The lowest BCUT2D eigenvalue weighted by molar-refractivity contribution is 0.282. The highest BCUT2D eigenvalue weighted by molar-refractivity contribution is 5.18. The third-order valence-corrected chi connectivity index (χ3v) is 5.26. The van der Waals surface area contributed by atoms with E-state index in [9.17, 15) is 0 Å². The second kappa shape index (κ2) is 5.84. The van der Waals surface area contributed by atoms with E-state index in [1.807, 2.05) is 18.2 Å². The van der Waals surface area contributed by atoms with E-state index in [0.717, 1.165) is 24.1 Å². The molecule has 2 fully saturated rings. The van der Waals surface area contributed by atoms with Crippen LogP contribution in [0.15, 0.2) is 34.9 Å². The summed E-state index contributed by atoms with van der Waals surface area (Å²) in [6, 6.07) is 11.1. The summed E-state index contributed by atoms with van der Waals surface area (Å²) in [6.07, 6.45) is 6.27. The predicted molar refractivity (Wildman–Crippen MR) is 84.3 cm³/mol. The van der Waals surface area contributed by atoms with E-state index in [-0.39, 0.29) is 6.04 Å². The fourth-order valence-corrected chi connectivity index (χ4v) is 4.13. The molecule has 2 aromatic rings. The molecule has 22 heavy (non-hydrogen) atoms. The van der Waals surface area contributed by atoms with E-state index in [4.69, 9.17) is 4.52 Å². The third-order valence-electron chi connectivity index (χ3n) is 5.26. The Bertz CT molecular complexity index is 624. The van der Waals surface area contributed by atoms with Gasteiger partial charge in [0.05, 0.1) is 6.04 Å². The van der Waals surface area contributed by atoms with Gasteiger partial charge in [-0.05, 0) is 43.6 Å². The van der Waals surface area contributed by atoms with E-state index < -0.39 is 0 Å². The second-order valence-electron chi connectivity index (χ2n) is 6.88. The van der Waals surface area contributed by atoms with Gasteiger partial charge in [0, 0.05) is 12.5 Å². The number of nitrogens with zero attached hydrogens (tertiary/aromatic N) is 2. The Hall–Kier alpha value is -1.68. The average molecular weight is 297 g/mol. The van der Waals surface area contributed by atoms with Gasteiger partial charge in [0.25, 0.3) is 0 Å². The van der Waals surface area contributed by atoms with E-state index >= 15 is 0 Å². The molecule has 1 heterocycles. The lowest BCUT2D eigenvalue weighted by atomic mass is 9.95. The van der Waals surface area contributed by atoms with Crippen molar-refractivity contribution in [2.45, 2.75) is 51.1 Å². The molecular weight excluding hydrogens is 274 g/mol. The summed E-state index contributed by atoms with van der Waals surface area (Å²) in [6.45, 7) is 2.13. The molecule has 116 valence electrons. The molecule has 1 aromatic carbocycles. The van der Waals surface area contributed by atoms with Crippen LogP contribution in [0.25, 0.3) is 0 Å². The van der Waals surface area contributed by atoms with Gasteiger partial charge in [0.15, 0.2) is 5.82 Å². The molecule has 1 N–H and O–H groups in total. The fraction of sp³-hybridized carbons (Fsp3) is 0.556. The zero-order valence-corrected chi connectivity index (χ0v) is 13.0. The molecule has 2 aliphatic rings. The standard InChI is InChI=1S/C18H23N3O/c1-12(19-16-10-14-7-8-15(16)9-14)18-20-17(21-22-18)11-13-5-3-2-4-6-13/h2-6,12,14-16,19H,7-11H2,1H3. The van der Waals surface area contributed by atoms with Gasteiger partial charge in [-0.3, -0.25) is 0 Å². The SMILES string of the molecule is CC(NC1CC2CCC1C2)c1nc(Cc2ccccc2)no1. The largest absolute Gasteiger partial charge is 0.338 e. The number of fused-ring (bicyclic) bond motifs is 2. The molecular formula is C18H23N3O. The molecule has 1 aromatic heterocycles. The number of nitrogens with one attached hydrogen (secondary N) is 1. The maximum absolute atomic E-state index is 5.47. The first kappa shape index (κ1) is 13.9. The van der Waals surface area contributed by atoms with Gasteiger partial charge >= 0.3 is 0 Å². The van der Waals surface area contributed by atoms with Gasteiger partial charge in [-0.1, -0.05) is 41.9 Å². The summed E-state index contributed by atoms with van der Waals surface area (Å²) in [5.74, 6) is 3.29. The molecule has 2 aliphatic carbocycles. The molecule has 4 unspecified atom stereocenters. The molecule has 4 nitrogen and oxygen atoms in total. The molecule has 0 amide bonds. The predicted octanol–water partition coefficient (Wildman–Crippen LogP) is 3.50. The minimum absolute atomic E-state index is 0.140. The first-order valence-corrected chi connectivity index (χ1v) is 8.40. The van der Waals surface area contributed by atoms with Gasteiger partial charge < -0.3 is 9.84 Å². The second-order valence-corrected chi connectivity index (χ2v) is 6.88. The highest BCUT2D eigenvalue weighted by Gasteiger charge is 2.40. The van der Waals surface area contributed by atoms with Crippen LogP contribution in [0.3, 0.4) is 0 Å². The molecule has 0 aliphatic heterocycles. The molecule has 4 atom stereocenters. The van der Waals surface area contributed by atoms with Crippen LogP contribution in [0, 0.1) is 11.8 Å². The van der Waals surface area contributed by atoms with Crippen molar-refractivity contribution in [3.05, 3.63) is 47.6 Å². The Morgan fingerprint density at radius 1 is 1.23 bits per heavy atom. The smallest absolute Gasteiger partial charge is 0.243 e. The zero-order chi connectivity index (χ0) is 14.9. The minimum Gasteiger partial charge on any atom is -0.338 e. The van der Waals surface area contributed by atoms with Gasteiger partial charge in [-0.25, -0.2) is 0 Å². The van der Waals surface area contributed by atoms with Gasteiger partial charge in [0.1, 0.15) is 0 Å². The number of rotatable bonds is 5. The Labute approximate surface area is 131 Å². The Morgan fingerprint density at radius 3 is 2.82 bits per heavy atom. The summed E-state index contributed by atoms with van der Waals surface area (Å²) in [7, 11) is 0. The summed E-state index contributed by atoms with van der Waals surface area (Å²) in [4.78, 5) is 4.57. The van der Waals surface area contributed by atoms with Crippen molar-refractivity contribution in [1.29, 1.82) is 0 Å². The van der Waals surface area contributed by atoms with Crippen molar-refractivity contribution in [2.75, 3.05) is 0 Å². The molecule has 2 saturated carbocycles. The highest BCUT2D eigenvalue weighted by Crippen LogP contribution is 2.45. The lowest BCUT2D eigenvalue weighted by Gasteiger charge is -2.25. The topological polar surface area (TPSA) is 51.0 Å². The highest BCUT2D eigenvalue weighted by atomic mass is 16.5. The fourth-order valence-electron chi connectivity index (χ4n) is 4.13. The Morgan fingerprint density at radius 2 is 2.09 bits per heavy atom. The van der Waals surface area contributed by atoms with E-state index in [1.165, 1.54) is 31.2 Å². The van der Waals surface area contributed by atoms with Crippen LogP contribution in [0.2, 0.25) is 0 Å². The maximum Gasteiger partial charge on any atom is 0.243 e. The quantitative estimate of drug-likeness (QED) is 0.917.